The van der Waals surface area contributed by atoms with Crippen molar-refractivity contribution in [1.29, 1.82) is 0 Å². The molecule has 0 bridgehead atoms. The van der Waals surface area contributed by atoms with E-state index in [4.69, 9.17) is 4.74 Å². The van der Waals surface area contributed by atoms with Crippen LogP contribution in [-0.4, -0.2) is 50.1 Å². The first kappa shape index (κ1) is 20.0. The Morgan fingerprint density at radius 1 is 1.17 bits per heavy atom. The Labute approximate surface area is 171 Å². The molecule has 0 saturated carbocycles. The van der Waals surface area contributed by atoms with E-state index in [0.29, 0.717) is 38.9 Å². The molecule has 2 aliphatic rings. The van der Waals surface area contributed by atoms with E-state index in [9.17, 15) is 13.2 Å². The maximum absolute atomic E-state index is 13.3. The molecule has 2 aromatic rings. The van der Waals surface area contributed by atoms with Crippen molar-refractivity contribution < 1.29 is 17.9 Å². The summed E-state index contributed by atoms with van der Waals surface area (Å²) in [6.45, 7) is 1.08. The van der Waals surface area contributed by atoms with Crippen LogP contribution in [0.25, 0.3) is 11.1 Å². The minimum atomic E-state index is -3.03. The second kappa shape index (κ2) is 8.24. The van der Waals surface area contributed by atoms with E-state index in [0.717, 1.165) is 16.7 Å². The number of carbonyl (C=O) groups is 1. The van der Waals surface area contributed by atoms with Crippen LogP contribution in [0.1, 0.15) is 24.8 Å². The van der Waals surface area contributed by atoms with Gasteiger partial charge >= 0.3 is 0 Å². The zero-order chi connectivity index (χ0) is 20.3. The van der Waals surface area contributed by atoms with E-state index < -0.39 is 15.3 Å². The Hall–Kier alpha value is -2.25. The molecule has 6 nitrogen and oxygen atoms in total. The number of pyridine rings is 1. The van der Waals surface area contributed by atoms with Crippen LogP contribution in [-0.2, 0) is 25.8 Å². The van der Waals surface area contributed by atoms with Gasteiger partial charge in [-0.25, -0.2) is 8.42 Å². The van der Waals surface area contributed by atoms with Crippen LogP contribution in [0.15, 0.2) is 48.8 Å². The normalized spacial score (nSPS) is 22.8. The largest absolute Gasteiger partial charge is 0.381 e. The third-order valence-corrected chi connectivity index (χ3v) is 7.73. The predicted molar refractivity (Wildman–Crippen MR) is 111 cm³/mol. The van der Waals surface area contributed by atoms with Crippen LogP contribution in [0.5, 0.6) is 0 Å². The average Bonchev–Trinajstić information content (AvgIpc) is 3.08. The first-order valence-corrected chi connectivity index (χ1v) is 11.9. The van der Waals surface area contributed by atoms with E-state index in [1.54, 1.807) is 6.20 Å². The Morgan fingerprint density at radius 2 is 1.97 bits per heavy atom. The van der Waals surface area contributed by atoms with E-state index in [-0.39, 0.29) is 23.5 Å². The molecule has 0 spiro atoms. The summed E-state index contributed by atoms with van der Waals surface area (Å²) in [6.07, 6.45) is 5.95. The molecule has 2 saturated heterocycles. The van der Waals surface area contributed by atoms with Gasteiger partial charge in [0.2, 0.25) is 5.91 Å². The van der Waals surface area contributed by atoms with E-state index in [1.165, 1.54) is 0 Å². The van der Waals surface area contributed by atoms with Crippen LogP contribution < -0.4 is 5.32 Å². The maximum Gasteiger partial charge on any atom is 0.226 e. The van der Waals surface area contributed by atoms with Crippen molar-refractivity contribution in [2.75, 3.05) is 24.7 Å². The third-order valence-electron chi connectivity index (χ3n) is 5.96. The van der Waals surface area contributed by atoms with Gasteiger partial charge in [-0.1, -0.05) is 30.3 Å². The lowest BCUT2D eigenvalue weighted by Gasteiger charge is -2.36. The molecule has 4 rings (SSSR count). The van der Waals surface area contributed by atoms with Crippen molar-refractivity contribution in [2.24, 2.45) is 5.41 Å². The van der Waals surface area contributed by atoms with Crippen molar-refractivity contribution in [1.82, 2.24) is 10.3 Å². The van der Waals surface area contributed by atoms with Crippen LogP contribution in [0.4, 0.5) is 0 Å². The number of amides is 1. The fourth-order valence-corrected chi connectivity index (χ4v) is 5.95. The van der Waals surface area contributed by atoms with Gasteiger partial charge in [0, 0.05) is 31.6 Å². The molecule has 3 heterocycles. The minimum Gasteiger partial charge on any atom is -0.381 e. The molecule has 1 unspecified atom stereocenters. The van der Waals surface area contributed by atoms with Gasteiger partial charge in [-0.2, -0.15) is 0 Å². The number of rotatable bonds is 5. The molecule has 154 valence electrons. The first-order valence-electron chi connectivity index (χ1n) is 10.0. The second-order valence-electron chi connectivity index (χ2n) is 8.08. The highest BCUT2D eigenvalue weighted by atomic mass is 32.2. The predicted octanol–water partition coefficient (Wildman–Crippen LogP) is 2.39. The summed E-state index contributed by atoms with van der Waals surface area (Å²) >= 11 is 0. The molecule has 0 radical (unpaired) electrons. The van der Waals surface area contributed by atoms with Crippen LogP contribution in [0, 0.1) is 5.41 Å². The van der Waals surface area contributed by atoms with Crippen molar-refractivity contribution in [3.63, 3.8) is 0 Å². The lowest BCUT2D eigenvalue weighted by atomic mass is 9.74. The van der Waals surface area contributed by atoms with Crippen molar-refractivity contribution >= 4 is 15.7 Å². The molecule has 29 heavy (non-hydrogen) atoms. The molecule has 1 N–H and O–H groups in total. The summed E-state index contributed by atoms with van der Waals surface area (Å²) in [5.74, 6) is 0.151. The Balaban J connectivity index is 1.55. The lowest BCUT2D eigenvalue weighted by molar-refractivity contribution is -0.137. The number of sulfone groups is 1. The van der Waals surface area contributed by atoms with Crippen LogP contribution >= 0.6 is 0 Å². The number of hydrogen-bond acceptors (Lipinski definition) is 5. The average molecular weight is 415 g/mol. The van der Waals surface area contributed by atoms with Gasteiger partial charge < -0.3 is 10.1 Å². The molecule has 1 aromatic carbocycles. The van der Waals surface area contributed by atoms with E-state index in [2.05, 4.69) is 16.4 Å². The molecule has 7 heteroatoms. The van der Waals surface area contributed by atoms with Crippen molar-refractivity contribution in [2.45, 2.75) is 31.7 Å². The van der Waals surface area contributed by atoms with Gasteiger partial charge in [0.15, 0.2) is 9.84 Å². The maximum atomic E-state index is 13.3. The molecular formula is C22H26N2O4S. The number of carbonyl (C=O) groups excluding carboxylic acids is 1. The molecule has 0 aliphatic carbocycles. The van der Waals surface area contributed by atoms with Crippen LogP contribution in [0.3, 0.4) is 0 Å². The van der Waals surface area contributed by atoms with E-state index in [1.807, 2.05) is 36.5 Å². The number of nitrogens with zero attached hydrogens (tertiary/aromatic N) is 1. The standard InChI is InChI=1S/C22H26N2O4S/c25-21(24-20-6-12-29(26,27)16-20)22(7-10-28-11-8-22)14-17-3-1-4-18(13-17)19-5-2-9-23-15-19/h1-5,9,13,15,20H,6-8,10-12,14,16H2,(H,24,25). The summed E-state index contributed by atoms with van der Waals surface area (Å²) in [6, 6.07) is 11.8. The second-order valence-corrected chi connectivity index (χ2v) is 10.3. The monoisotopic (exact) mass is 414 g/mol. The zero-order valence-corrected chi connectivity index (χ0v) is 17.2. The third kappa shape index (κ3) is 4.67. The Kier molecular flexibility index (Phi) is 5.69. The summed E-state index contributed by atoms with van der Waals surface area (Å²) in [5, 5.41) is 3.03. The molecule has 1 atom stereocenters. The Bertz CT molecular complexity index is 969. The van der Waals surface area contributed by atoms with Gasteiger partial charge in [-0.05, 0) is 48.4 Å². The zero-order valence-electron chi connectivity index (χ0n) is 16.3. The lowest BCUT2D eigenvalue weighted by Crippen LogP contribution is -2.49. The molecule has 2 fully saturated rings. The highest BCUT2D eigenvalue weighted by Crippen LogP contribution is 2.36. The highest BCUT2D eigenvalue weighted by Gasteiger charge is 2.42. The van der Waals surface area contributed by atoms with Crippen LogP contribution in [0.2, 0.25) is 0 Å². The SMILES string of the molecule is O=C(NC1CCS(=O)(=O)C1)C1(Cc2cccc(-c3cccnc3)c2)CCOCC1. The van der Waals surface area contributed by atoms with Gasteiger partial charge in [-0.3, -0.25) is 9.78 Å². The highest BCUT2D eigenvalue weighted by molar-refractivity contribution is 7.91. The number of ether oxygens (including phenoxy) is 1. The summed E-state index contributed by atoms with van der Waals surface area (Å²) in [5.41, 5.74) is 2.62. The molecule has 1 aromatic heterocycles. The molecule has 2 aliphatic heterocycles. The minimum absolute atomic E-state index is 0.0435. The Morgan fingerprint density at radius 3 is 2.66 bits per heavy atom. The number of nitrogens with one attached hydrogen (secondary N) is 1. The fraction of sp³-hybridized carbons (Fsp3) is 0.455. The van der Waals surface area contributed by atoms with Gasteiger partial charge in [0.25, 0.3) is 0 Å². The number of benzene rings is 1. The van der Waals surface area contributed by atoms with E-state index >= 15 is 0 Å². The first-order chi connectivity index (χ1) is 14.0. The fourth-order valence-electron chi connectivity index (χ4n) is 4.28. The molecular weight excluding hydrogens is 388 g/mol. The van der Waals surface area contributed by atoms with Gasteiger partial charge in [0.1, 0.15) is 0 Å². The molecule has 1 amide bonds. The van der Waals surface area contributed by atoms with Crippen molar-refractivity contribution in [3.8, 4) is 11.1 Å². The van der Waals surface area contributed by atoms with Gasteiger partial charge in [-0.15, -0.1) is 0 Å². The summed E-state index contributed by atoms with van der Waals surface area (Å²) in [7, 11) is -3.03. The number of aromatic nitrogens is 1. The quantitative estimate of drug-likeness (QED) is 0.812. The van der Waals surface area contributed by atoms with Crippen molar-refractivity contribution in [3.05, 3.63) is 54.4 Å². The smallest absolute Gasteiger partial charge is 0.226 e. The number of hydrogen-bond donors (Lipinski definition) is 1. The summed E-state index contributed by atoms with van der Waals surface area (Å²) < 4.78 is 29.1. The van der Waals surface area contributed by atoms with Gasteiger partial charge in [0.05, 0.1) is 16.9 Å². The summed E-state index contributed by atoms with van der Waals surface area (Å²) in [4.78, 5) is 17.5. The topological polar surface area (TPSA) is 85.4 Å².